The topological polar surface area (TPSA) is 0 Å². The van der Waals surface area contributed by atoms with E-state index < -0.39 is 11.6 Å². The molecule has 68 valence electrons. The highest BCUT2D eigenvalue weighted by Gasteiger charge is 1.96. The van der Waals surface area contributed by atoms with Gasteiger partial charge in [0.15, 0.2) is 0 Å². The van der Waals surface area contributed by atoms with E-state index in [0.717, 1.165) is 11.4 Å². The Morgan fingerprint density at radius 3 is 2.31 bits per heavy atom. The van der Waals surface area contributed by atoms with Crippen LogP contribution in [0.4, 0.5) is 8.78 Å². The minimum Gasteiger partial charge on any atom is -0.207 e. The molecule has 0 N–H and O–H groups in total. The molecule has 0 nitrogen and oxygen atoms in total. The zero-order valence-corrected chi connectivity index (χ0v) is 8.37. The molecule has 0 aromatic heterocycles. The lowest BCUT2D eigenvalue weighted by atomic mass is 10.2. The SMILES string of the molecule is Fc1cc(F)cc(C#CCCBr)c1. The smallest absolute Gasteiger partial charge is 0.127 e. The lowest BCUT2D eigenvalue weighted by Crippen LogP contribution is -1.82. The van der Waals surface area contributed by atoms with Gasteiger partial charge < -0.3 is 0 Å². The number of rotatable bonds is 1. The summed E-state index contributed by atoms with van der Waals surface area (Å²) in [6, 6.07) is 3.25. The Labute approximate surface area is 84.1 Å². The number of hydrogen-bond acceptors (Lipinski definition) is 0. The minimum atomic E-state index is -0.594. The van der Waals surface area contributed by atoms with Crippen molar-refractivity contribution in [2.24, 2.45) is 0 Å². The van der Waals surface area contributed by atoms with Crippen LogP contribution in [0.5, 0.6) is 0 Å². The molecule has 0 unspecified atom stereocenters. The van der Waals surface area contributed by atoms with Crippen LogP contribution in [-0.2, 0) is 0 Å². The molecule has 1 aromatic rings. The molecule has 0 saturated heterocycles. The van der Waals surface area contributed by atoms with Crippen molar-refractivity contribution in [3.8, 4) is 11.8 Å². The van der Waals surface area contributed by atoms with Gasteiger partial charge in [0.25, 0.3) is 0 Å². The molecule has 0 atom stereocenters. The fourth-order valence-electron chi connectivity index (χ4n) is 0.838. The van der Waals surface area contributed by atoms with Crippen LogP contribution >= 0.6 is 15.9 Å². The number of benzene rings is 1. The van der Waals surface area contributed by atoms with E-state index >= 15 is 0 Å². The summed E-state index contributed by atoms with van der Waals surface area (Å²) in [4.78, 5) is 0. The molecular formula is C10H7BrF2. The van der Waals surface area contributed by atoms with Gasteiger partial charge in [-0.05, 0) is 12.1 Å². The highest BCUT2D eigenvalue weighted by atomic mass is 79.9. The molecule has 0 fully saturated rings. The van der Waals surface area contributed by atoms with Crippen LogP contribution in [0, 0.1) is 23.5 Å². The molecule has 0 heterocycles. The van der Waals surface area contributed by atoms with E-state index in [9.17, 15) is 8.78 Å². The molecule has 1 aromatic carbocycles. The molecule has 0 bridgehead atoms. The van der Waals surface area contributed by atoms with Gasteiger partial charge in [-0.1, -0.05) is 27.8 Å². The summed E-state index contributed by atoms with van der Waals surface area (Å²) in [7, 11) is 0. The van der Waals surface area contributed by atoms with Crippen LogP contribution in [-0.4, -0.2) is 5.33 Å². The Morgan fingerprint density at radius 2 is 1.77 bits per heavy atom. The zero-order valence-electron chi connectivity index (χ0n) is 6.78. The normalized spacial score (nSPS) is 9.15. The van der Waals surface area contributed by atoms with E-state index in [4.69, 9.17) is 0 Å². The van der Waals surface area contributed by atoms with Crippen molar-refractivity contribution in [3.63, 3.8) is 0 Å². The first-order chi connectivity index (χ1) is 6.22. The summed E-state index contributed by atoms with van der Waals surface area (Å²) in [6.07, 6.45) is 0.665. The fraction of sp³-hybridized carbons (Fsp3) is 0.200. The van der Waals surface area contributed by atoms with Gasteiger partial charge >= 0.3 is 0 Å². The van der Waals surface area contributed by atoms with Crippen LogP contribution in [0.15, 0.2) is 18.2 Å². The van der Waals surface area contributed by atoms with Crippen molar-refractivity contribution in [2.45, 2.75) is 6.42 Å². The zero-order chi connectivity index (χ0) is 9.68. The second-order valence-corrected chi connectivity index (χ2v) is 3.19. The average molecular weight is 245 g/mol. The first kappa shape index (κ1) is 10.2. The van der Waals surface area contributed by atoms with Gasteiger partial charge in [0.2, 0.25) is 0 Å². The van der Waals surface area contributed by atoms with Crippen molar-refractivity contribution in [3.05, 3.63) is 35.4 Å². The van der Waals surface area contributed by atoms with Crippen LogP contribution < -0.4 is 0 Å². The Morgan fingerprint density at radius 1 is 1.15 bits per heavy atom. The summed E-state index contributed by atoms with van der Waals surface area (Å²) in [5, 5.41) is 0.762. The molecule has 0 aliphatic rings. The standard InChI is InChI=1S/C10H7BrF2/c11-4-2-1-3-8-5-9(12)7-10(13)6-8/h5-7H,2,4H2. The van der Waals surface area contributed by atoms with E-state index in [2.05, 4.69) is 27.8 Å². The quantitative estimate of drug-likeness (QED) is 0.526. The molecule has 3 heteroatoms. The van der Waals surface area contributed by atoms with Gasteiger partial charge in [-0.15, -0.1) is 0 Å². The van der Waals surface area contributed by atoms with Crippen LogP contribution in [0.2, 0.25) is 0 Å². The largest absolute Gasteiger partial charge is 0.207 e. The summed E-state index contributed by atoms with van der Waals surface area (Å²) >= 11 is 3.20. The molecule has 0 radical (unpaired) electrons. The summed E-state index contributed by atoms with van der Waals surface area (Å²) in [5.74, 6) is 4.25. The van der Waals surface area contributed by atoms with Gasteiger partial charge in [0.05, 0.1) is 0 Å². The highest BCUT2D eigenvalue weighted by molar-refractivity contribution is 9.09. The summed E-state index contributed by atoms with van der Waals surface area (Å²) in [5.41, 5.74) is 0.374. The molecule has 0 amide bonds. The van der Waals surface area contributed by atoms with E-state index in [0.29, 0.717) is 12.0 Å². The second kappa shape index (κ2) is 4.98. The van der Waals surface area contributed by atoms with Gasteiger partial charge in [0, 0.05) is 23.4 Å². The maximum atomic E-state index is 12.6. The fourth-order valence-corrected chi connectivity index (χ4v) is 1.04. The second-order valence-electron chi connectivity index (χ2n) is 2.40. The Kier molecular flexibility index (Phi) is 3.91. The van der Waals surface area contributed by atoms with E-state index in [1.807, 2.05) is 0 Å². The molecule has 0 aliphatic heterocycles. The number of alkyl halides is 1. The van der Waals surface area contributed by atoms with Gasteiger partial charge in [-0.25, -0.2) is 8.78 Å². The molecule has 0 aliphatic carbocycles. The average Bonchev–Trinajstić information content (AvgIpc) is 2.03. The predicted molar refractivity (Wildman–Crippen MR) is 51.6 cm³/mol. The molecular weight excluding hydrogens is 238 g/mol. The lowest BCUT2D eigenvalue weighted by molar-refractivity contribution is 0.582. The van der Waals surface area contributed by atoms with Crippen molar-refractivity contribution >= 4 is 15.9 Å². The first-order valence-electron chi connectivity index (χ1n) is 3.73. The van der Waals surface area contributed by atoms with Gasteiger partial charge in [-0.2, -0.15) is 0 Å². The maximum absolute atomic E-state index is 12.6. The van der Waals surface area contributed by atoms with Crippen molar-refractivity contribution in [1.82, 2.24) is 0 Å². The first-order valence-corrected chi connectivity index (χ1v) is 4.85. The van der Waals surface area contributed by atoms with Gasteiger partial charge in [-0.3, -0.25) is 0 Å². The van der Waals surface area contributed by atoms with E-state index in [1.165, 1.54) is 12.1 Å². The third kappa shape index (κ3) is 3.56. The third-order valence-electron chi connectivity index (χ3n) is 1.31. The molecule has 1 rings (SSSR count). The Hall–Kier alpha value is -0.880. The van der Waals surface area contributed by atoms with Crippen molar-refractivity contribution in [2.75, 3.05) is 5.33 Å². The number of hydrogen-bond donors (Lipinski definition) is 0. The van der Waals surface area contributed by atoms with Crippen molar-refractivity contribution < 1.29 is 8.78 Å². The van der Waals surface area contributed by atoms with Crippen LogP contribution in [0.1, 0.15) is 12.0 Å². The van der Waals surface area contributed by atoms with Crippen LogP contribution in [0.25, 0.3) is 0 Å². The maximum Gasteiger partial charge on any atom is 0.127 e. The minimum absolute atomic E-state index is 0.374. The Bertz CT molecular complexity index is 329. The molecule has 0 spiro atoms. The highest BCUT2D eigenvalue weighted by Crippen LogP contribution is 2.06. The van der Waals surface area contributed by atoms with Gasteiger partial charge in [0.1, 0.15) is 11.6 Å². The Balaban J connectivity index is 2.85. The predicted octanol–water partition coefficient (Wildman–Crippen LogP) is 3.10. The monoisotopic (exact) mass is 244 g/mol. The van der Waals surface area contributed by atoms with Crippen LogP contribution in [0.3, 0.4) is 0 Å². The molecule has 0 saturated carbocycles. The van der Waals surface area contributed by atoms with E-state index in [-0.39, 0.29) is 0 Å². The number of halogens is 3. The molecule has 13 heavy (non-hydrogen) atoms. The van der Waals surface area contributed by atoms with E-state index in [1.54, 1.807) is 0 Å². The summed E-state index contributed by atoms with van der Waals surface area (Å²) in [6.45, 7) is 0. The lowest BCUT2D eigenvalue weighted by Gasteiger charge is -1.92. The third-order valence-corrected chi connectivity index (χ3v) is 1.71. The summed E-state index contributed by atoms with van der Waals surface area (Å²) < 4.78 is 25.2. The van der Waals surface area contributed by atoms with Crippen molar-refractivity contribution in [1.29, 1.82) is 0 Å².